The van der Waals surface area contributed by atoms with Gasteiger partial charge in [0.05, 0.1) is 13.2 Å². The van der Waals surface area contributed by atoms with Crippen LogP contribution in [0.25, 0.3) is 21.5 Å². The van der Waals surface area contributed by atoms with Gasteiger partial charge in [-0.05, 0) is 31.0 Å². The summed E-state index contributed by atoms with van der Waals surface area (Å²) in [4.78, 5) is 23.9. The second-order valence-electron chi connectivity index (χ2n) is 6.91. The van der Waals surface area contributed by atoms with E-state index in [1.54, 1.807) is 18.2 Å². The summed E-state index contributed by atoms with van der Waals surface area (Å²) in [5.74, 6) is -0.691. The number of carbonyl (C=O) groups is 2. The molecule has 0 N–H and O–H groups in total. The molecule has 0 aliphatic heterocycles. The minimum Gasteiger partial charge on any atom is -0.481 e. The normalized spacial score (nSPS) is 10.8. The van der Waals surface area contributed by atoms with Gasteiger partial charge in [0.25, 0.3) is 0 Å². The van der Waals surface area contributed by atoms with Crippen LogP contribution < -0.4 is 9.47 Å². The smallest absolute Gasteiger partial charge is 0.344 e. The van der Waals surface area contributed by atoms with Gasteiger partial charge in [-0.25, -0.2) is 14.0 Å². The third-order valence-corrected chi connectivity index (χ3v) is 4.49. The van der Waals surface area contributed by atoms with Crippen molar-refractivity contribution >= 4 is 33.5 Å². The van der Waals surface area contributed by atoms with E-state index in [0.29, 0.717) is 59.1 Å². The van der Waals surface area contributed by atoms with Crippen molar-refractivity contribution in [3.8, 4) is 11.5 Å². The van der Waals surface area contributed by atoms with Crippen molar-refractivity contribution < 1.29 is 32.9 Å². The zero-order valence-corrected chi connectivity index (χ0v) is 17.6. The number of esters is 2. The summed E-state index contributed by atoms with van der Waals surface area (Å²) in [5.41, 5.74) is 0. The fourth-order valence-corrected chi connectivity index (χ4v) is 3.16. The third-order valence-electron chi connectivity index (χ3n) is 4.49. The molecule has 0 heterocycles. The van der Waals surface area contributed by atoms with Crippen LogP contribution >= 0.6 is 0 Å². The summed E-state index contributed by atoms with van der Waals surface area (Å²) in [7, 11) is 0. The molecule has 0 saturated carbocycles. The average molecular weight is 428 g/mol. The molecule has 0 spiro atoms. The molecule has 3 aromatic rings. The molecule has 0 atom stereocenters. The first-order valence-electron chi connectivity index (χ1n) is 10.3. The zero-order valence-electron chi connectivity index (χ0n) is 17.6. The molecule has 164 valence electrons. The highest BCUT2D eigenvalue weighted by Gasteiger charge is 2.19. The maximum atomic E-state index is 14.1. The molecule has 7 heteroatoms. The van der Waals surface area contributed by atoms with Crippen molar-refractivity contribution in [2.45, 2.75) is 26.7 Å². The lowest BCUT2D eigenvalue weighted by Gasteiger charge is -2.17. The van der Waals surface area contributed by atoms with Crippen molar-refractivity contribution in [2.75, 3.05) is 26.4 Å². The van der Waals surface area contributed by atoms with E-state index >= 15 is 0 Å². The van der Waals surface area contributed by atoms with Gasteiger partial charge in [-0.15, -0.1) is 0 Å². The molecular formula is C24H25FO6. The van der Waals surface area contributed by atoms with Crippen molar-refractivity contribution in [2.24, 2.45) is 0 Å². The molecule has 0 saturated heterocycles. The molecule has 0 bridgehead atoms. The molecular weight excluding hydrogens is 403 g/mol. The highest BCUT2D eigenvalue weighted by Crippen LogP contribution is 2.43. The minimum atomic E-state index is -0.505. The third kappa shape index (κ3) is 5.42. The molecule has 0 radical (unpaired) electrons. The Morgan fingerprint density at radius 1 is 0.742 bits per heavy atom. The van der Waals surface area contributed by atoms with Crippen LogP contribution in [0.15, 0.2) is 42.5 Å². The molecule has 3 rings (SSSR count). The fourth-order valence-electron chi connectivity index (χ4n) is 3.16. The molecule has 0 aliphatic carbocycles. The van der Waals surface area contributed by atoms with Gasteiger partial charge in [-0.1, -0.05) is 38.1 Å². The van der Waals surface area contributed by atoms with Crippen LogP contribution in [-0.4, -0.2) is 38.4 Å². The van der Waals surface area contributed by atoms with Gasteiger partial charge < -0.3 is 18.9 Å². The van der Waals surface area contributed by atoms with E-state index in [4.69, 9.17) is 18.9 Å². The van der Waals surface area contributed by atoms with Gasteiger partial charge in [-0.3, -0.25) is 0 Å². The Hall–Kier alpha value is -3.35. The SMILES string of the molecule is CCCOC(=O)COc1c2ccccc2c(OCC(=O)OCCC)c2cc(F)ccc12. The van der Waals surface area contributed by atoms with E-state index in [9.17, 15) is 14.0 Å². The number of halogens is 1. The molecule has 6 nitrogen and oxygen atoms in total. The highest BCUT2D eigenvalue weighted by atomic mass is 19.1. The fraction of sp³-hybridized carbons (Fsp3) is 0.333. The Balaban J connectivity index is 2.03. The van der Waals surface area contributed by atoms with Crippen LogP contribution in [0.3, 0.4) is 0 Å². The second kappa shape index (κ2) is 10.6. The largest absolute Gasteiger partial charge is 0.481 e. The number of hydrogen-bond acceptors (Lipinski definition) is 6. The van der Waals surface area contributed by atoms with E-state index in [2.05, 4.69) is 0 Å². The minimum absolute atomic E-state index is 0.278. The summed E-state index contributed by atoms with van der Waals surface area (Å²) >= 11 is 0. The van der Waals surface area contributed by atoms with Crippen LogP contribution in [0.4, 0.5) is 4.39 Å². The van der Waals surface area contributed by atoms with Gasteiger partial charge in [0.1, 0.15) is 17.3 Å². The Labute approximate surface area is 179 Å². The van der Waals surface area contributed by atoms with Crippen LogP contribution in [0, 0.1) is 5.82 Å². The van der Waals surface area contributed by atoms with E-state index in [0.717, 1.165) is 0 Å². The number of fused-ring (bicyclic) bond motifs is 2. The maximum absolute atomic E-state index is 14.1. The number of benzene rings is 3. The standard InChI is InChI=1S/C24H25FO6/c1-3-11-28-21(26)14-30-23-17-7-5-6-8-18(17)24(31-15-22(27)29-12-4-2)20-13-16(25)9-10-19(20)23/h5-10,13H,3-4,11-12,14-15H2,1-2H3. The topological polar surface area (TPSA) is 71.1 Å². The Bertz CT molecular complexity index is 1080. The summed E-state index contributed by atoms with van der Waals surface area (Å²) in [6.45, 7) is 3.84. The molecule has 0 fully saturated rings. The van der Waals surface area contributed by atoms with Crippen LogP contribution in [0.2, 0.25) is 0 Å². The van der Waals surface area contributed by atoms with Gasteiger partial charge in [0.15, 0.2) is 13.2 Å². The molecule has 0 aliphatic rings. The predicted octanol–water partition coefficient (Wildman–Crippen LogP) is 4.80. The monoisotopic (exact) mass is 428 g/mol. The van der Waals surface area contributed by atoms with Gasteiger partial charge in [0.2, 0.25) is 0 Å². The van der Waals surface area contributed by atoms with Crippen molar-refractivity contribution in [3.05, 3.63) is 48.3 Å². The first-order chi connectivity index (χ1) is 15.0. The van der Waals surface area contributed by atoms with Crippen molar-refractivity contribution in [1.29, 1.82) is 0 Å². The van der Waals surface area contributed by atoms with Crippen LogP contribution in [0.1, 0.15) is 26.7 Å². The molecule has 3 aromatic carbocycles. The summed E-state index contributed by atoms with van der Waals surface area (Å²) < 4.78 is 35.9. The lowest BCUT2D eigenvalue weighted by Crippen LogP contribution is -2.16. The van der Waals surface area contributed by atoms with E-state index in [1.807, 2.05) is 26.0 Å². The van der Waals surface area contributed by atoms with Crippen molar-refractivity contribution in [3.63, 3.8) is 0 Å². The highest BCUT2D eigenvalue weighted by molar-refractivity contribution is 6.11. The summed E-state index contributed by atoms with van der Waals surface area (Å²) in [6.07, 6.45) is 1.42. The molecule has 0 aromatic heterocycles. The molecule has 31 heavy (non-hydrogen) atoms. The Morgan fingerprint density at radius 2 is 1.23 bits per heavy atom. The summed E-state index contributed by atoms with van der Waals surface area (Å²) in [6, 6.07) is 11.4. The summed E-state index contributed by atoms with van der Waals surface area (Å²) in [5, 5.41) is 2.28. The van der Waals surface area contributed by atoms with Gasteiger partial charge >= 0.3 is 11.9 Å². The quantitative estimate of drug-likeness (QED) is 0.341. The van der Waals surface area contributed by atoms with Crippen molar-refractivity contribution in [1.82, 2.24) is 0 Å². The average Bonchev–Trinajstić information content (AvgIpc) is 2.78. The first kappa shape index (κ1) is 22.3. The lowest BCUT2D eigenvalue weighted by molar-refractivity contribution is -0.146. The number of carbonyl (C=O) groups excluding carboxylic acids is 2. The Kier molecular flexibility index (Phi) is 7.65. The van der Waals surface area contributed by atoms with E-state index in [-0.39, 0.29) is 13.2 Å². The molecule has 0 amide bonds. The van der Waals surface area contributed by atoms with Gasteiger partial charge in [0, 0.05) is 21.5 Å². The number of hydrogen-bond donors (Lipinski definition) is 0. The van der Waals surface area contributed by atoms with Crippen LogP contribution in [0.5, 0.6) is 11.5 Å². The van der Waals surface area contributed by atoms with E-state index in [1.165, 1.54) is 12.1 Å². The first-order valence-corrected chi connectivity index (χ1v) is 10.3. The lowest BCUT2D eigenvalue weighted by atomic mass is 10.0. The Morgan fingerprint density at radius 3 is 1.74 bits per heavy atom. The predicted molar refractivity (Wildman–Crippen MR) is 115 cm³/mol. The number of rotatable bonds is 10. The maximum Gasteiger partial charge on any atom is 0.344 e. The molecule has 0 unspecified atom stereocenters. The zero-order chi connectivity index (χ0) is 22.2. The van der Waals surface area contributed by atoms with Gasteiger partial charge in [-0.2, -0.15) is 0 Å². The van der Waals surface area contributed by atoms with E-state index < -0.39 is 17.8 Å². The number of ether oxygens (including phenoxy) is 4. The second-order valence-corrected chi connectivity index (χ2v) is 6.91. The van der Waals surface area contributed by atoms with Crippen LogP contribution in [-0.2, 0) is 19.1 Å².